The minimum atomic E-state index is 0.696. The predicted molar refractivity (Wildman–Crippen MR) is 72.9 cm³/mol. The van der Waals surface area contributed by atoms with Gasteiger partial charge in [-0.15, -0.1) is 5.10 Å². The maximum Gasteiger partial charge on any atom is 0.175 e. The highest BCUT2D eigenvalue weighted by Gasteiger charge is 2.13. The van der Waals surface area contributed by atoms with Crippen molar-refractivity contribution in [3.8, 4) is 5.82 Å². The molecule has 1 N–H and O–H groups in total. The monoisotopic (exact) mass is 310 g/mol. The van der Waals surface area contributed by atoms with Crippen molar-refractivity contribution >= 4 is 21.7 Å². The molecule has 0 fully saturated rings. The standard InChI is InChI=1S/C11H15BrN6/c1-4-5-13-10-9(12)11(15-6-14-10)18-8(3)16-7(2)17-18/h6H,4-5H2,1-3H3,(H,13,14,15). The van der Waals surface area contributed by atoms with Crippen molar-refractivity contribution in [2.75, 3.05) is 11.9 Å². The second kappa shape index (κ2) is 5.43. The highest BCUT2D eigenvalue weighted by molar-refractivity contribution is 9.10. The van der Waals surface area contributed by atoms with E-state index in [-0.39, 0.29) is 0 Å². The minimum Gasteiger partial charge on any atom is -0.369 e. The second-order valence-electron chi connectivity index (χ2n) is 3.90. The lowest BCUT2D eigenvalue weighted by Crippen LogP contribution is -2.08. The number of rotatable bonds is 4. The smallest absolute Gasteiger partial charge is 0.175 e. The highest BCUT2D eigenvalue weighted by Crippen LogP contribution is 2.25. The number of hydrogen-bond acceptors (Lipinski definition) is 5. The molecule has 2 aromatic rings. The van der Waals surface area contributed by atoms with E-state index < -0.39 is 0 Å². The van der Waals surface area contributed by atoms with Gasteiger partial charge in [-0.25, -0.2) is 15.0 Å². The van der Waals surface area contributed by atoms with Crippen molar-refractivity contribution < 1.29 is 0 Å². The molecule has 0 saturated carbocycles. The Morgan fingerprint density at radius 2 is 2.11 bits per heavy atom. The fourth-order valence-electron chi connectivity index (χ4n) is 1.60. The molecule has 0 unspecified atom stereocenters. The molecular weight excluding hydrogens is 296 g/mol. The number of aromatic nitrogens is 5. The van der Waals surface area contributed by atoms with Crippen LogP contribution in [-0.4, -0.2) is 31.3 Å². The fourth-order valence-corrected chi connectivity index (χ4v) is 2.11. The summed E-state index contributed by atoms with van der Waals surface area (Å²) < 4.78 is 2.50. The first-order chi connectivity index (χ1) is 8.63. The van der Waals surface area contributed by atoms with Gasteiger partial charge in [-0.2, -0.15) is 4.68 Å². The third kappa shape index (κ3) is 2.50. The summed E-state index contributed by atoms with van der Waals surface area (Å²) in [5.74, 6) is 2.99. The summed E-state index contributed by atoms with van der Waals surface area (Å²) >= 11 is 3.52. The zero-order valence-electron chi connectivity index (χ0n) is 10.6. The molecule has 7 heteroatoms. The Morgan fingerprint density at radius 3 is 2.72 bits per heavy atom. The van der Waals surface area contributed by atoms with Crippen LogP contribution in [0.25, 0.3) is 5.82 Å². The first kappa shape index (κ1) is 12.9. The first-order valence-electron chi connectivity index (χ1n) is 5.78. The maximum atomic E-state index is 4.32. The van der Waals surface area contributed by atoms with Crippen molar-refractivity contribution in [2.24, 2.45) is 0 Å². The number of halogens is 1. The van der Waals surface area contributed by atoms with Crippen LogP contribution in [0.4, 0.5) is 5.82 Å². The van der Waals surface area contributed by atoms with Crippen LogP contribution in [0.3, 0.4) is 0 Å². The molecule has 2 heterocycles. The zero-order chi connectivity index (χ0) is 13.1. The normalized spacial score (nSPS) is 10.7. The summed E-state index contributed by atoms with van der Waals surface area (Å²) in [5, 5.41) is 7.56. The largest absolute Gasteiger partial charge is 0.369 e. The van der Waals surface area contributed by atoms with Gasteiger partial charge in [0.2, 0.25) is 0 Å². The molecule has 2 rings (SSSR count). The zero-order valence-corrected chi connectivity index (χ0v) is 12.2. The van der Waals surface area contributed by atoms with Crippen molar-refractivity contribution in [3.05, 3.63) is 22.4 Å². The Kier molecular flexibility index (Phi) is 3.90. The number of nitrogens with one attached hydrogen (secondary N) is 1. The van der Waals surface area contributed by atoms with Gasteiger partial charge >= 0.3 is 0 Å². The van der Waals surface area contributed by atoms with E-state index in [1.54, 1.807) is 4.68 Å². The minimum absolute atomic E-state index is 0.696. The van der Waals surface area contributed by atoms with Gasteiger partial charge in [0, 0.05) is 6.54 Å². The maximum absolute atomic E-state index is 4.32. The van der Waals surface area contributed by atoms with Gasteiger partial charge in [0.25, 0.3) is 0 Å². The van der Waals surface area contributed by atoms with E-state index in [4.69, 9.17) is 0 Å². The van der Waals surface area contributed by atoms with Crippen LogP contribution in [0.15, 0.2) is 10.8 Å². The second-order valence-corrected chi connectivity index (χ2v) is 4.70. The van der Waals surface area contributed by atoms with Gasteiger partial charge in [0.1, 0.15) is 28.3 Å². The molecule has 0 radical (unpaired) electrons. The topological polar surface area (TPSA) is 68.5 Å². The Morgan fingerprint density at radius 1 is 1.33 bits per heavy atom. The Hall–Kier alpha value is -1.50. The van der Waals surface area contributed by atoms with Crippen molar-refractivity contribution in [1.82, 2.24) is 24.7 Å². The lowest BCUT2D eigenvalue weighted by molar-refractivity contribution is 0.792. The number of anilines is 1. The molecule has 0 aliphatic heterocycles. The van der Waals surface area contributed by atoms with Crippen LogP contribution >= 0.6 is 15.9 Å². The summed E-state index contributed by atoms with van der Waals surface area (Å²) in [5.41, 5.74) is 0. The summed E-state index contributed by atoms with van der Waals surface area (Å²) in [6, 6.07) is 0. The van der Waals surface area contributed by atoms with E-state index in [2.05, 4.69) is 48.2 Å². The van der Waals surface area contributed by atoms with Gasteiger partial charge in [0.15, 0.2) is 5.82 Å². The molecule has 0 aliphatic rings. The fraction of sp³-hybridized carbons (Fsp3) is 0.455. The number of aryl methyl sites for hydroxylation is 2. The summed E-state index contributed by atoms with van der Waals surface area (Å²) in [6.45, 7) is 6.72. The molecule has 0 atom stereocenters. The van der Waals surface area contributed by atoms with Crippen molar-refractivity contribution in [2.45, 2.75) is 27.2 Å². The van der Waals surface area contributed by atoms with Crippen LogP contribution in [0.5, 0.6) is 0 Å². The lowest BCUT2D eigenvalue weighted by Gasteiger charge is -2.09. The summed E-state index contributed by atoms with van der Waals surface area (Å²) in [4.78, 5) is 12.7. The first-order valence-corrected chi connectivity index (χ1v) is 6.57. The van der Waals surface area contributed by atoms with E-state index in [1.807, 2.05) is 13.8 Å². The van der Waals surface area contributed by atoms with Gasteiger partial charge < -0.3 is 5.32 Å². The molecule has 2 aromatic heterocycles. The van der Waals surface area contributed by atoms with E-state index in [0.717, 1.165) is 34.9 Å². The van der Waals surface area contributed by atoms with Gasteiger partial charge in [-0.1, -0.05) is 6.92 Å². The highest BCUT2D eigenvalue weighted by atomic mass is 79.9. The molecule has 0 bridgehead atoms. The summed E-state index contributed by atoms with van der Waals surface area (Å²) in [6.07, 6.45) is 2.56. The van der Waals surface area contributed by atoms with E-state index in [0.29, 0.717) is 5.82 Å². The molecule has 96 valence electrons. The van der Waals surface area contributed by atoms with Gasteiger partial charge in [-0.3, -0.25) is 0 Å². The van der Waals surface area contributed by atoms with Crippen LogP contribution in [0, 0.1) is 13.8 Å². The molecule has 0 spiro atoms. The van der Waals surface area contributed by atoms with E-state index in [1.165, 1.54) is 6.33 Å². The molecule has 0 amide bonds. The van der Waals surface area contributed by atoms with Gasteiger partial charge in [0.05, 0.1) is 0 Å². The quantitative estimate of drug-likeness (QED) is 0.938. The molecule has 0 saturated heterocycles. The molecule has 0 aliphatic carbocycles. The van der Waals surface area contributed by atoms with Crippen molar-refractivity contribution in [1.29, 1.82) is 0 Å². The molecule has 0 aromatic carbocycles. The Bertz CT molecular complexity index is 550. The van der Waals surface area contributed by atoms with Crippen LogP contribution in [0.1, 0.15) is 25.0 Å². The lowest BCUT2D eigenvalue weighted by atomic mass is 10.4. The Labute approximate surface area is 114 Å². The third-order valence-electron chi connectivity index (χ3n) is 2.39. The van der Waals surface area contributed by atoms with E-state index >= 15 is 0 Å². The average Bonchev–Trinajstić information content (AvgIpc) is 2.67. The van der Waals surface area contributed by atoms with Crippen molar-refractivity contribution in [3.63, 3.8) is 0 Å². The SMILES string of the molecule is CCCNc1ncnc(-n2nc(C)nc2C)c1Br. The van der Waals surface area contributed by atoms with Crippen LogP contribution < -0.4 is 5.32 Å². The van der Waals surface area contributed by atoms with E-state index in [9.17, 15) is 0 Å². The number of nitrogens with zero attached hydrogens (tertiary/aromatic N) is 5. The molecule has 6 nitrogen and oxygen atoms in total. The third-order valence-corrected chi connectivity index (χ3v) is 3.12. The van der Waals surface area contributed by atoms with Crippen LogP contribution in [-0.2, 0) is 0 Å². The Balaban J connectivity index is 2.42. The van der Waals surface area contributed by atoms with Crippen LogP contribution in [0.2, 0.25) is 0 Å². The average molecular weight is 311 g/mol. The van der Waals surface area contributed by atoms with Gasteiger partial charge in [-0.05, 0) is 36.2 Å². The molecular formula is C11H15BrN6. The summed E-state index contributed by atoms with van der Waals surface area (Å²) in [7, 11) is 0. The molecule has 18 heavy (non-hydrogen) atoms. The predicted octanol–water partition coefficient (Wildman–Crippen LogP) is 2.26. The number of hydrogen-bond donors (Lipinski definition) is 1.